The van der Waals surface area contributed by atoms with E-state index >= 15 is 0 Å². The van der Waals surface area contributed by atoms with Gasteiger partial charge in [-0.2, -0.15) is 17.0 Å². The molecule has 1 fully saturated rings. The van der Waals surface area contributed by atoms with E-state index in [1.165, 1.54) is 18.3 Å². The van der Waals surface area contributed by atoms with E-state index in [4.69, 9.17) is 5.11 Å². The monoisotopic (exact) mass is 419 g/mol. The van der Waals surface area contributed by atoms with Crippen molar-refractivity contribution in [3.05, 3.63) is 59.4 Å². The van der Waals surface area contributed by atoms with Crippen LogP contribution in [0.1, 0.15) is 28.5 Å². The van der Waals surface area contributed by atoms with E-state index in [0.29, 0.717) is 25.3 Å². The highest BCUT2D eigenvalue weighted by molar-refractivity contribution is 7.89. The molecule has 0 saturated carbocycles. The smallest absolute Gasteiger partial charge is 0.375 e. The van der Waals surface area contributed by atoms with Crippen LogP contribution in [0.3, 0.4) is 0 Å². The van der Waals surface area contributed by atoms with Gasteiger partial charge in [-0.25, -0.2) is 4.79 Å². The topological polar surface area (TPSA) is 99.6 Å². The molecule has 1 unspecified atom stereocenters. The Morgan fingerprint density at radius 1 is 1.34 bits per heavy atom. The fourth-order valence-corrected chi connectivity index (χ4v) is 5.32. The number of pyridine rings is 1. The molecule has 3 rings (SSSR count). The first-order valence-electron chi connectivity index (χ1n) is 9.47. The highest BCUT2D eigenvalue weighted by Crippen LogP contribution is 2.31. The van der Waals surface area contributed by atoms with E-state index in [2.05, 4.69) is 14.6 Å². The van der Waals surface area contributed by atoms with Crippen molar-refractivity contribution in [3.63, 3.8) is 0 Å². The summed E-state index contributed by atoms with van der Waals surface area (Å²) in [5.41, 5.74) is 2.27. The molecule has 0 spiro atoms. The zero-order chi connectivity index (χ0) is 21.2. The summed E-state index contributed by atoms with van der Waals surface area (Å²) in [6, 6.07) is 10.7. The van der Waals surface area contributed by atoms with Crippen LogP contribution in [0.25, 0.3) is 0 Å². The van der Waals surface area contributed by atoms with Crippen LogP contribution in [0.15, 0.2) is 42.6 Å². The minimum Gasteiger partial charge on any atom is -0.478 e. The highest BCUT2D eigenvalue weighted by atomic mass is 32.2. The van der Waals surface area contributed by atoms with Gasteiger partial charge in [0.2, 0.25) is 0 Å². The first-order valence-corrected chi connectivity index (χ1v) is 10.9. The zero-order valence-corrected chi connectivity index (χ0v) is 17.7. The molecular formula is C20H27N4O4S+. The number of rotatable bonds is 6. The zero-order valence-electron chi connectivity index (χ0n) is 16.9. The predicted octanol–water partition coefficient (Wildman–Crippen LogP) is 1.76. The van der Waals surface area contributed by atoms with E-state index in [-0.39, 0.29) is 22.0 Å². The van der Waals surface area contributed by atoms with Gasteiger partial charge in [0, 0.05) is 24.9 Å². The quantitative estimate of drug-likeness (QED) is 0.692. The number of carboxylic acid groups (broad SMARTS) is 1. The van der Waals surface area contributed by atoms with Crippen molar-refractivity contribution in [3.8, 4) is 0 Å². The third-order valence-electron chi connectivity index (χ3n) is 5.57. The van der Waals surface area contributed by atoms with E-state index < -0.39 is 16.2 Å². The minimum atomic E-state index is -3.79. The number of nitrogens with one attached hydrogen (secondary N) is 1. The maximum Gasteiger partial charge on any atom is 0.375 e. The molecule has 1 aromatic heterocycles. The number of carbonyl (C=O) groups is 1. The maximum atomic E-state index is 13.5. The predicted molar refractivity (Wildman–Crippen MR) is 112 cm³/mol. The van der Waals surface area contributed by atoms with Crippen molar-refractivity contribution >= 4 is 21.9 Å². The van der Waals surface area contributed by atoms with Crippen LogP contribution < -0.4 is 8.61 Å². The first-order chi connectivity index (χ1) is 13.6. The number of aromatic carboxylic acids is 1. The van der Waals surface area contributed by atoms with Gasteiger partial charge >= 0.3 is 16.2 Å². The third kappa shape index (κ3) is 4.32. The van der Waals surface area contributed by atoms with Gasteiger partial charge in [-0.05, 0) is 38.6 Å². The lowest BCUT2D eigenvalue weighted by atomic mass is 10.1. The third-order valence-corrected chi connectivity index (χ3v) is 7.54. The number of quaternary nitrogens is 1. The number of likely N-dealkylation sites (N-methyl/N-ethyl adjacent to an activating group) is 1. The van der Waals surface area contributed by atoms with Crippen LogP contribution in [-0.4, -0.2) is 62.1 Å². The van der Waals surface area contributed by atoms with Crippen LogP contribution in [-0.2, 0) is 16.8 Å². The average molecular weight is 420 g/mol. The molecule has 1 aliphatic rings. The molecule has 0 aliphatic carbocycles. The number of piperazine rings is 1. The largest absolute Gasteiger partial charge is 0.478 e. The van der Waals surface area contributed by atoms with Gasteiger partial charge in [-0.15, -0.1) is 0 Å². The van der Waals surface area contributed by atoms with Crippen molar-refractivity contribution in [2.75, 3.05) is 26.7 Å². The number of aryl methyl sites for hydroxylation is 1. The number of nitrogens with zero attached hydrogens (tertiary/aromatic N) is 3. The van der Waals surface area contributed by atoms with Crippen molar-refractivity contribution in [2.45, 2.75) is 26.4 Å². The summed E-state index contributed by atoms with van der Waals surface area (Å²) in [5.74, 6) is -1.07. The fraction of sp³-hybridized carbons (Fsp3) is 0.400. The molecule has 29 heavy (non-hydrogen) atoms. The summed E-state index contributed by atoms with van der Waals surface area (Å²) in [7, 11) is -1.79. The second-order valence-electron chi connectivity index (χ2n) is 7.60. The highest BCUT2D eigenvalue weighted by Gasteiger charge is 2.48. The first kappa shape index (κ1) is 21.4. The summed E-state index contributed by atoms with van der Waals surface area (Å²) in [6.45, 7) is 5.50. The Morgan fingerprint density at radius 2 is 2.10 bits per heavy atom. The van der Waals surface area contributed by atoms with Crippen LogP contribution in [0.2, 0.25) is 0 Å². The van der Waals surface area contributed by atoms with Crippen molar-refractivity contribution < 1.29 is 18.3 Å². The second kappa shape index (κ2) is 8.19. The lowest BCUT2D eigenvalue weighted by molar-refractivity contribution is 0.0696. The number of aromatic nitrogens is 1. The second-order valence-corrected chi connectivity index (χ2v) is 9.54. The summed E-state index contributed by atoms with van der Waals surface area (Å²) in [4.78, 5) is 17.2. The Bertz CT molecular complexity index is 994. The molecular weight excluding hydrogens is 392 g/mol. The lowest BCUT2D eigenvalue weighted by Gasteiger charge is -2.44. The Morgan fingerprint density at radius 3 is 2.69 bits per heavy atom. The molecule has 156 valence electrons. The molecule has 2 aromatic rings. The molecule has 0 bridgehead atoms. The van der Waals surface area contributed by atoms with E-state index in [0.717, 1.165) is 11.3 Å². The summed E-state index contributed by atoms with van der Waals surface area (Å²) in [6.07, 6.45) is 1.23. The SMILES string of the molecule is Cc1cccc([N@+]2(S(=O)(=O)NCc3ccc(C(=O)O)cn3)CCN(C)C(C)C2)c1. The molecule has 1 saturated heterocycles. The van der Waals surface area contributed by atoms with Gasteiger partial charge in [0.25, 0.3) is 0 Å². The summed E-state index contributed by atoms with van der Waals surface area (Å²) < 4.78 is 29.6. The average Bonchev–Trinajstić information content (AvgIpc) is 2.69. The molecule has 0 amide bonds. The maximum absolute atomic E-state index is 13.5. The van der Waals surface area contributed by atoms with Gasteiger partial charge in [-0.1, -0.05) is 12.1 Å². The lowest BCUT2D eigenvalue weighted by Crippen LogP contribution is -2.68. The number of carboxylic acids is 1. The minimum absolute atomic E-state index is 0.00172. The van der Waals surface area contributed by atoms with E-state index in [1.54, 1.807) is 0 Å². The van der Waals surface area contributed by atoms with E-state index in [9.17, 15) is 13.2 Å². The number of hydrogen-bond donors (Lipinski definition) is 2. The fourth-order valence-electron chi connectivity index (χ4n) is 3.61. The Kier molecular flexibility index (Phi) is 6.04. The van der Waals surface area contributed by atoms with Crippen LogP contribution >= 0.6 is 0 Å². The molecule has 1 aliphatic heterocycles. The standard InChI is InChI=1S/C20H26N4O4S/c1-15-5-4-6-19(11-15)24(10-9-23(3)16(2)14-24)29(27,28)22-13-18-8-7-17(12-21-18)20(25)26/h4-8,11-12,16,22H,9-10,13-14H2,1-3H3/p+1/t16?,24-/m0/s1. The molecule has 2 N–H and O–H groups in total. The van der Waals surface area contributed by atoms with Gasteiger partial charge in [0.1, 0.15) is 18.8 Å². The van der Waals surface area contributed by atoms with E-state index in [1.807, 2.05) is 45.2 Å². The number of benzene rings is 1. The molecule has 0 radical (unpaired) electrons. The number of hydrogen-bond acceptors (Lipinski definition) is 5. The summed E-state index contributed by atoms with van der Waals surface area (Å²) in [5, 5.41) is 8.98. The van der Waals surface area contributed by atoms with Crippen molar-refractivity contribution in [1.29, 1.82) is 0 Å². The van der Waals surface area contributed by atoms with Crippen LogP contribution in [0, 0.1) is 6.92 Å². The van der Waals surface area contributed by atoms with Gasteiger partial charge in [-0.3, -0.25) is 9.88 Å². The van der Waals surface area contributed by atoms with Crippen molar-refractivity contribution in [1.82, 2.24) is 18.5 Å². The van der Waals surface area contributed by atoms with Gasteiger partial charge < -0.3 is 5.11 Å². The molecule has 8 nitrogen and oxygen atoms in total. The Hall–Kier alpha value is -2.33. The van der Waals surface area contributed by atoms with Crippen molar-refractivity contribution in [2.24, 2.45) is 0 Å². The summed E-state index contributed by atoms with van der Waals surface area (Å²) >= 11 is 0. The molecule has 2 atom stereocenters. The van der Waals surface area contributed by atoms with Gasteiger partial charge in [0.15, 0.2) is 0 Å². The molecule has 2 heterocycles. The van der Waals surface area contributed by atoms with Crippen LogP contribution in [0.5, 0.6) is 0 Å². The van der Waals surface area contributed by atoms with Gasteiger partial charge in [0.05, 0.1) is 23.8 Å². The normalized spacial score (nSPS) is 23.1. The Labute approximate surface area is 171 Å². The Balaban J connectivity index is 1.91. The molecule has 9 heteroatoms. The molecule has 1 aromatic carbocycles. The van der Waals surface area contributed by atoms with Crippen LogP contribution in [0.4, 0.5) is 5.69 Å².